The third-order valence-corrected chi connectivity index (χ3v) is 4.42. The molecule has 0 radical (unpaired) electrons. The fourth-order valence-electron chi connectivity index (χ4n) is 2.57. The van der Waals surface area contributed by atoms with Crippen molar-refractivity contribution in [1.29, 1.82) is 5.26 Å². The van der Waals surface area contributed by atoms with E-state index in [-0.39, 0.29) is 35.3 Å². The zero-order valence-electron chi connectivity index (χ0n) is 18.1. The lowest BCUT2D eigenvalue weighted by Gasteiger charge is -2.12. The zero-order valence-corrected chi connectivity index (χ0v) is 18.9. The number of anilines is 1. The van der Waals surface area contributed by atoms with Gasteiger partial charge in [-0.2, -0.15) is 5.26 Å². The SMILES string of the molecule is CCOC(=O)c1ccc(NC(=O)/C(C#N)=C/c2cc(Cl)c(OCC(=O)OC)c(OC)c2)cc1. The monoisotopic (exact) mass is 472 g/mol. The number of rotatable bonds is 9. The second-order valence-corrected chi connectivity index (χ2v) is 6.73. The van der Waals surface area contributed by atoms with Gasteiger partial charge in [0.25, 0.3) is 5.91 Å². The molecule has 0 atom stereocenters. The minimum Gasteiger partial charge on any atom is -0.493 e. The van der Waals surface area contributed by atoms with Gasteiger partial charge in [0.15, 0.2) is 18.1 Å². The van der Waals surface area contributed by atoms with Crippen molar-refractivity contribution in [3.05, 3.63) is 58.1 Å². The summed E-state index contributed by atoms with van der Waals surface area (Å²) in [5.74, 6) is -1.42. The summed E-state index contributed by atoms with van der Waals surface area (Å²) in [6, 6.07) is 10.8. The summed E-state index contributed by atoms with van der Waals surface area (Å²) < 4.78 is 20.0. The lowest BCUT2D eigenvalue weighted by molar-refractivity contribution is -0.142. The zero-order chi connectivity index (χ0) is 24.4. The summed E-state index contributed by atoms with van der Waals surface area (Å²) in [4.78, 5) is 35.6. The Bertz CT molecular complexity index is 1110. The van der Waals surface area contributed by atoms with Gasteiger partial charge in [0, 0.05) is 5.69 Å². The van der Waals surface area contributed by atoms with Gasteiger partial charge in [0.1, 0.15) is 11.6 Å². The number of methoxy groups -OCH3 is 2. The van der Waals surface area contributed by atoms with Crippen LogP contribution in [-0.4, -0.2) is 45.3 Å². The van der Waals surface area contributed by atoms with E-state index in [9.17, 15) is 19.6 Å². The van der Waals surface area contributed by atoms with Crippen LogP contribution in [0.1, 0.15) is 22.8 Å². The standard InChI is InChI=1S/C23H21ClN2O7/c1-4-32-23(29)15-5-7-17(8-6-15)26-22(28)16(12-25)9-14-10-18(24)21(19(11-14)30-2)33-13-20(27)31-3/h5-11H,4,13H2,1-3H3,(H,26,28)/b16-9+. The first-order valence-electron chi connectivity index (χ1n) is 9.60. The molecule has 0 bridgehead atoms. The van der Waals surface area contributed by atoms with Gasteiger partial charge in [0.05, 0.1) is 31.4 Å². The third kappa shape index (κ3) is 6.98. The quantitative estimate of drug-likeness (QED) is 0.333. The number of halogens is 1. The topological polar surface area (TPSA) is 124 Å². The van der Waals surface area contributed by atoms with E-state index in [2.05, 4.69) is 10.1 Å². The smallest absolute Gasteiger partial charge is 0.343 e. The van der Waals surface area contributed by atoms with Gasteiger partial charge in [0.2, 0.25) is 0 Å². The van der Waals surface area contributed by atoms with Crippen molar-refractivity contribution >= 4 is 41.2 Å². The van der Waals surface area contributed by atoms with Gasteiger partial charge in [-0.05, 0) is 55.0 Å². The molecule has 2 rings (SSSR count). The van der Waals surface area contributed by atoms with Crippen molar-refractivity contribution in [1.82, 2.24) is 0 Å². The van der Waals surface area contributed by atoms with E-state index in [1.165, 1.54) is 56.7 Å². The second kappa shape index (κ2) is 12.1. The number of amides is 1. The van der Waals surface area contributed by atoms with Crippen LogP contribution in [0.4, 0.5) is 5.69 Å². The largest absolute Gasteiger partial charge is 0.493 e. The number of hydrogen-bond donors (Lipinski definition) is 1. The summed E-state index contributed by atoms with van der Waals surface area (Å²) in [7, 11) is 2.60. The number of ether oxygens (including phenoxy) is 4. The Kier molecular flexibility index (Phi) is 9.27. The summed E-state index contributed by atoms with van der Waals surface area (Å²) in [6.45, 7) is 1.58. The minimum absolute atomic E-state index is 0.108. The fraction of sp³-hybridized carbons (Fsp3) is 0.217. The molecule has 2 aromatic rings. The molecule has 1 N–H and O–H groups in total. The van der Waals surface area contributed by atoms with Crippen molar-refractivity contribution in [2.75, 3.05) is 32.8 Å². The average Bonchev–Trinajstić information content (AvgIpc) is 2.81. The van der Waals surface area contributed by atoms with Gasteiger partial charge in [-0.15, -0.1) is 0 Å². The normalized spacial score (nSPS) is 10.6. The molecule has 0 spiro atoms. The molecule has 1 amide bonds. The number of nitrogens with one attached hydrogen (secondary N) is 1. The first kappa shape index (κ1) is 25.2. The number of nitrogens with zero attached hydrogens (tertiary/aromatic N) is 1. The molecule has 0 aromatic heterocycles. The summed E-state index contributed by atoms with van der Waals surface area (Å²) in [5, 5.41) is 12.1. The van der Waals surface area contributed by atoms with E-state index in [0.29, 0.717) is 16.8 Å². The van der Waals surface area contributed by atoms with Gasteiger partial charge in [-0.25, -0.2) is 9.59 Å². The summed E-state index contributed by atoms with van der Waals surface area (Å²) in [6.07, 6.45) is 1.32. The first-order valence-corrected chi connectivity index (χ1v) is 9.98. The van der Waals surface area contributed by atoms with E-state index in [4.69, 9.17) is 25.8 Å². The van der Waals surface area contributed by atoms with E-state index in [1.807, 2.05) is 6.07 Å². The number of nitriles is 1. The number of esters is 2. The first-order chi connectivity index (χ1) is 15.8. The van der Waals surface area contributed by atoms with Gasteiger partial charge >= 0.3 is 11.9 Å². The highest BCUT2D eigenvalue weighted by atomic mass is 35.5. The number of hydrogen-bond acceptors (Lipinski definition) is 8. The molecule has 9 nitrogen and oxygen atoms in total. The lowest BCUT2D eigenvalue weighted by Crippen LogP contribution is -2.14. The molecule has 0 saturated carbocycles. The molecule has 0 heterocycles. The van der Waals surface area contributed by atoms with Crippen LogP contribution < -0.4 is 14.8 Å². The van der Waals surface area contributed by atoms with Crippen LogP contribution in [-0.2, 0) is 19.1 Å². The van der Waals surface area contributed by atoms with Crippen LogP contribution in [0.2, 0.25) is 5.02 Å². The van der Waals surface area contributed by atoms with Crippen molar-refractivity contribution in [2.45, 2.75) is 6.92 Å². The number of benzene rings is 2. The fourth-order valence-corrected chi connectivity index (χ4v) is 2.84. The Morgan fingerprint density at radius 2 is 1.85 bits per heavy atom. The highest BCUT2D eigenvalue weighted by Gasteiger charge is 2.16. The third-order valence-electron chi connectivity index (χ3n) is 4.14. The molecule has 2 aromatic carbocycles. The van der Waals surface area contributed by atoms with Crippen LogP contribution in [0.3, 0.4) is 0 Å². The molecule has 0 aliphatic heterocycles. The Morgan fingerprint density at radius 3 is 2.42 bits per heavy atom. The molecule has 0 unspecified atom stereocenters. The molecular formula is C23H21ClN2O7. The molecule has 172 valence electrons. The number of carbonyl (C=O) groups excluding carboxylic acids is 3. The second-order valence-electron chi connectivity index (χ2n) is 6.32. The van der Waals surface area contributed by atoms with E-state index in [1.54, 1.807) is 6.92 Å². The molecular weight excluding hydrogens is 452 g/mol. The minimum atomic E-state index is -0.664. The summed E-state index contributed by atoms with van der Waals surface area (Å²) in [5.41, 5.74) is 0.913. The highest BCUT2D eigenvalue weighted by molar-refractivity contribution is 6.32. The maximum absolute atomic E-state index is 12.6. The summed E-state index contributed by atoms with van der Waals surface area (Å²) >= 11 is 6.23. The van der Waals surface area contributed by atoms with E-state index < -0.39 is 17.8 Å². The van der Waals surface area contributed by atoms with Crippen molar-refractivity contribution in [3.8, 4) is 17.6 Å². The van der Waals surface area contributed by atoms with E-state index in [0.717, 1.165) is 0 Å². The lowest BCUT2D eigenvalue weighted by atomic mass is 10.1. The average molecular weight is 473 g/mol. The number of carbonyl (C=O) groups is 3. The van der Waals surface area contributed by atoms with Crippen LogP contribution >= 0.6 is 11.6 Å². The molecule has 33 heavy (non-hydrogen) atoms. The van der Waals surface area contributed by atoms with Gasteiger partial charge < -0.3 is 24.3 Å². The molecule has 0 aliphatic carbocycles. The van der Waals surface area contributed by atoms with Crippen molar-refractivity contribution in [2.24, 2.45) is 0 Å². The van der Waals surface area contributed by atoms with Crippen LogP contribution in [0.15, 0.2) is 42.0 Å². The van der Waals surface area contributed by atoms with Crippen LogP contribution in [0.25, 0.3) is 6.08 Å². The van der Waals surface area contributed by atoms with E-state index >= 15 is 0 Å². The molecule has 0 aliphatic rings. The van der Waals surface area contributed by atoms with Gasteiger partial charge in [-0.1, -0.05) is 11.6 Å². The van der Waals surface area contributed by atoms with Crippen LogP contribution in [0.5, 0.6) is 11.5 Å². The molecule has 0 fully saturated rings. The molecule has 0 saturated heterocycles. The Morgan fingerprint density at radius 1 is 1.15 bits per heavy atom. The Labute approximate surface area is 195 Å². The Balaban J connectivity index is 2.21. The van der Waals surface area contributed by atoms with Crippen molar-refractivity contribution < 1.29 is 33.3 Å². The van der Waals surface area contributed by atoms with Crippen molar-refractivity contribution in [3.63, 3.8) is 0 Å². The van der Waals surface area contributed by atoms with Gasteiger partial charge in [-0.3, -0.25) is 4.79 Å². The predicted octanol–water partition coefficient (Wildman–Crippen LogP) is 3.62. The highest BCUT2D eigenvalue weighted by Crippen LogP contribution is 2.37. The van der Waals surface area contributed by atoms with Crippen LogP contribution in [0, 0.1) is 11.3 Å². The predicted molar refractivity (Wildman–Crippen MR) is 120 cm³/mol. The Hall–Kier alpha value is -4.03. The maximum atomic E-state index is 12.6. The molecule has 10 heteroatoms. The maximum Gasteiger partial charge on any atom is 0.343 e.